The van der Waals surface area contributed by atoms with Gasteiger partial charge in [0.2, 0.25) is 5.91 Å². The highest BCUT2D eigenvalue weighted by Gasteiger charge is 2.28. The van der Waals surface area contributed by atoms with Gasteiger partial charge in [-0.1, -0.05) is 20.8 Å². The minimum atomic E-state index is -4.35. The molecule has 1 amide bonds. The first-order valence-corrected chi connectivity index (χ1v) is 6.26. The maximum atomic E-state index is 11.8. The van der Waals surface area contributed by atoms with E-state index >= 15 is 0 Å². The zero-order chi connectivity index (χ0) is 15.3. The van der Waals surface area contributed by atoms with Crippen molar-refractivity contribution in [3.8, 4) is 0 Å². The van der Waals surface area contributed by atoms with Crippen LogP contribution in [0, 0.1) is 5.41 Å². The quantitative estimate of drug-likeness (QED) is 0.760. The van der Waals surface area contributed by atoms with Crippen LogP contribution in [0.15, 0.2) is 0 Å². The van der Waals surface area contributed by atoms with E-state index in [1.54, 1.807) is 0 Å². The lowest BCUT2D eigenvalue weighted by atomic mass is 9.82. The second-order valence-electron chi connectivity index (χ2n) is 6.59. The number of hydrogen-bond donors (Lipinski definition) is 1. The van der Waals surface area contributed by atoms with Crippen molar-refractivity contribution in [2.75, 3.05) is 13.2 Å². The second kappa shape index (κ2) is 6.59. The van der Waals surface area contributed by atoms with Gasteiger partial charge in [-0.2, -0.15) is 13.2 Å². The van der Waals surface area contributed by atoms with Crippen LogP contribution in [0.4, 0.5) is 13.2 Å². The molecular formula is C13H24F3NO2. The van der Waals surface area contributed by atoms with Gasteiger partial charge in [-0.3, -0.25) is 4.79 Å². The van der Waals surface area contributed by atoms with Crippen molar-refractivity contribution in [2.45, 2.75) is 59.2 Å². The van der Waals surface area contributed by atoms with E-state index in [-0.39, 0.29) is 29.9 Å². The predicted octanol–water partition coefficient (Wildman–Crippen LogP) is 3.29. The molecule has 0 aliphatic carbocycles. The summed E-state index contributed by atoms with van der Waals surface area (Å²) in [7, 11) is 0. The second-order valence-corrected chi connectivity index (χ2v) is 6.59. The number of ether oxygens (including phenoxy) is 1. The summed E-state index contributed by atoms with van der Waals surface area (Å²) in [5, 5.41) is 2.81. The summed E-state index contributed by atoms with van der Waals surface area (Å²) in [6, 6.07) is 0. The van der Waals surface area contributed by atoms with E-state index in [0.717, 1.165) is 6.42 Å². The highest BCUT2D eigenvalue weighted by Crippen LogP contribution is 2.26. The zero-order valence-corrected chi connectivity index (χ0v) is 12.3. The third-order valence-corrected chi connectivity index (χ3v) is 2.19. The minimum absolute atomic E-state index is 0.0591. The zero-order valence-electron chi connectivity index (χ0n) is 12.3. The Morgan fingerprint density at radius 3 is 2.05 bits per heavy atom. The summed E-state index contributed by atoms with van der Waals surface area (Å²) >= 11 is 0. The summed E-state index contributed by atoms with van der Waals surface area (Å²) in [5.41, 5.74) is -0.330. The molecular weight excluding hydrogens is 259 g/mol. The molecule has 0 bridgehead atoms. The van der Waals surface area contributed by atoms with E-state index in [0.29, 0.717) is 0 Å². The van der Waals surface area contributed by atoms with E-state index < -0.39 is 12.8 Å². The van der Waals surface area contributed by atoms with Gasteiger partial charge in [0, 0.05) is 12.0 Å². The standard InChI is InChI=1S/C13H24F3NO2/c1-11(2,3)8-12(4,5)17-10(18)6-7-19-9-13(14,15)16/h6-9H2,1-5H3,(H,17,18). The maximum absolute atomic E-state index is 11.8. The molecule has 0 aromatic heterocycles. The molecule has 0 radical (unpaired) electrons. The molecule has 0 saturated heterocycles. The van der Waals surface area contributed by atoms with Crippen LogP contribution in [-0.4, -0.2) is 30.8 Å². The normalized spacial score (nSPS) is 13.5. The Morgan fingerprint density at radius 1 is 1.11 bits per heavy atom. The topological polar surface area (TPSA) is 38.3 Å². The smallest absolute Gasteiger partial charge is 0.372 e. The number of nitrogens with one attached hydrogen (secondary N) is 1. The summed E-state index contributed by atoms with van der Waals surface area (Å²) in [6.45, 7) is 8.44. The Hall–Kier alpha value is -0.780. The molecule has 0 atom stereocenters. The number of halogens is 3. The number of hydrogen-bond acceptors (Lipinski definition) is 2. The molecule has 0 fully saturated rings. The molecule has 0 saturated carbocycles. The van der Waals surface area contributed by atoms with Crippen molar-refractivity contribution >= 4 is 5.91 Å². The van der Waals surface area contributed by atoms with Crippen molar-refractivity contribution in [1.82, 2.24) is 5.32 Å². The van der Waals surface area contributed by atoms with Crippen molar-refractivity contribution < 1.29 is 22.7 Å². The van der Waals surface area contributed by atoms with E-state index in [1.165, 1.54) is 0 Å². The number of amides is 1. The average molecular weight is 283 g/mol. The largest absolute Gasteiger partial charge is 0.411 e. The molecule has 0 aromatic carbocycles. The van der Waals surface area contributed by atoms with Crippen molar-refractivity contribution in [3.05, 3.63) is 0 Å². The van der Waals surface area contributed by atoms with Gasteiger partial charge in [0.1, 0.15) is 6.61 Å². The van der Waals surface area contributed by atoms with Crippen LogP contribution < -0.4 is 5.32 Å². The molecule has 6 heteroatoms. The van der Waals surface area contributed by atoms with Crippen LogP contribution in [0.3, 0.4) is 0 Å². The van der Waals surface area contributed by atoms with Gasteiger partial charge < -0.3 is 10.1 Å². The number of carbonyl (C=O) groups is 1. The molecule has 0 heterocycles. The Morgan fingerprint density at radius 2 is 1.63 bits per heavy atom. The lowest BCUT2D eigenvalue weighted by Crippen LogP contribution is -2.46. The number of carbonyl (C=O) groups excluding carboxylic acids is 1. The van der Waals surface area contributed by atoms with Gasteiger partial charge in [0.25, 0.3) is 0 Å². The van der Waals surface area contributed by atoms with Crippen LogP contribution in [-0.2, 0) is 9.53 Å². The van der Waals surface area contributed by atoms with Gasteiger partial charge in [-0.25, -0.2) is 0 Å². The summed E-state index contributed by atoms with van der Waals surface area (Å²) in [6.07, 6.45) is -3.64. The minimum Gasteiger partial charge on any atom is -0.372 e. The van der Waals surface area contributed by atoms with Crippen LogP contribution in [0.2, 0.25) is 0 Å². The van der Waals surface area contributed by atoms with Crippen LogP contribution >= 0.6 is 0 Å². The molecule has 0 rings (SSSR count). The Bertz CT molecular complexity index is 293. The first kappa shape index (κ1) is 18.2. The molecule has 0 aliphatic heterocycles. The molecule has 1 N–H and O–H groups in total. The SMILES string of the molecule is CC(C)(C)CC(C)(C)NC(=O)CCOCC(F)(F)F. The monoisotopic (exact) mass is 283 g/mol. The molecule has 0 aliphatic rings. The summed E-state index contributed by atoms with van der Waals surface area (Å²) in [5.74, 6) is -0.295. The van der Waals surface area contributed by atoms with Gasteiger partial charge in [0.15, 0.2) is 0 Å². The van der Waals surface area contributed by atoms with Gasteiger partial charge in [0.05, 0.1) is 6.61 Å². The van der Waals surface area contributed by atoms with Crippen LogP contribution in [0.25, 0.3) is 0 Å². The van der Waals surface area contributed by atoms with E-state index in [4.69, 9.17) is 0 Å². The van der Waals surface area contributed by atoms with Crippen LogP contribution in [0.5, 0.6) is 0 Å². The number of alkyl halides is 3. The van der Waals surface area contributed by atoms with Crippen molar-refractivity contribution in [1.29, 1.82) is 0 Å². The molecule has 114 valence electrons. The highest BCUT2D eigenvalue weighted by molar-refractivity contribution is 5.76. The average Bonchev–Trinajstić information content (AvgIpc) is 2.05. The first-order valence-electron chi connectivity index (χ1n) is 6.26. The lowest BCUT2D eigenvalue weighted by Gasteiger charge is -2.33. The molecule has 0 unspecified atom stereocenters. The van der Waals surface area contributed by atoms with Gasteiger partial charge in [-0.05, 0) is 25.7 Å². The van der Waals surface area contributed by atoms with E-state index in [2.05, 4.69) is 30.8 Å². The Kier molecular flexibility index (Phi) is 6.32. The van der Waals surface area contributed by atoms with Gasteiger partial charge in [-0.15, -0.1) is 0 Å². The van der Waals surface area contributed by atoms with Crippen LogP contribution in [0.1, 0.15) is 47.5 Å². The van der Waals surface area contributed by atoms with E-state index in [1.807, 2.05) is 13.8 Å². The first-order chi connectivity index (χ1) is 8.31. The fourth-order valence-corrected chi connectivity index (χ4v) is 2.16. The summed E-state index contributed by atoms with van der Waals surface area (Å²) < 4.78 is 39.8. The molecule has 19 heavy (non-hydrogen) atoms. The summed E-state index contributed by atoms with van der Waals surface area (Å²) in [4.78, 5) is 11.6. The predicted molar refractivity (Wildman–Crippen MR) is 67.8 cm³/mol. The fourth-order valence-electron chi connectivity index (χ4n) is 2.16. The molecule has 0 aromatic rings. The van der Waals surface area contributed by atoms with E-state index in [9.17, 15) is 18.0 Å². The number of rotatable bonds is 6. The van der Waals surface area contributed by atoms with Crippen molar-refractivity contribution in [3.63, 3.8) is 0 Å². The third kappa shape index (κ3) is 12.0. The van der Waals surface area contributed by atoms with Gasteiger partial charge >= 0.3 is 6.18 Å². The Labute approximate surface area is 112 Å². The van der Waals surface area contributed by atoms with Crippen molar-refractivity contribution in [2.24, 2.45) is 5.41 Å². The lowest BCUT2D eigenvalue weighted by molar-refractivity contribution is -0.174. The maximum Gasteiger partial charge on any atom is 0.411 e. The third-order valence-electron chi connectivity index (χ3n) is 2.19. The highest BCUT2D eigenvalue weighted by atomic mass is 19.4. The molecule has 0 spiro atoms. The molecule has 3 nitrogen and oxygen atoms in total. The fraction of sp³-hybridized carbons (Fsp3) is 0.923. The Balaban J connectivity index is 3.98.